The molecule has 0 unspecified atom stereocenters. The summed E-state index contributed by atoms with van der Waals surface area (Å²) in [5, 5.41) is 0. The van der Waals surface area contributed by atoms with Crippen molar-refractivity contribution >= 4 is 44.3 Å². The topological polar surface area (TPSA) is 63.4 Å². The van der Waals surface area contributed by atoms with Crippen molar-refractivity contribution in [3.05, 3.63) is 40.2 Å². The molecule has 0 aliphatic carbocycles. The monoisotopic (exact) mass is 314 g/mol. The second-order valence-corrected chi connectivity index (χ2v) is 8.08. The maximum absolute atomic E-state index is 12.6. The summed E-state index contributed by atoms with van der Waals surface area (Å²) >= 11 is 6.88. The first-order chi connectivity index (χ1) is 8.98. The van der Waals surface area contributed by atoms with Gasteiger partial charge in [-0.25, -0.2) is 8.42 Å². The number of nitrogen functional groups attached to an aromatic ring is 1. The van der Waals surface area contributed by atoms with Gasteiger partial charge in [-0.3, -0.25) is 4.31 Å². The fourth-order valence-corrected chi connectivity index (χ4v) is 5.25. The van der Waals surface area contributed by atoms with Gasteiger partial charge in [-0.15, -0.1) is 11.3 Å². The van der Waals surface area contributed by atoms with Gasteiger partial charge in [0.15, 0.2) is 0 Å². The molecule has 100 valence electrons. The third kappa shape index (κ3) is 2.09. The van der Waals surface area contributed by atoms with Gasteiger partial charge in [0, 0.05) is 12.2 Å². The van der Waals surface area contributed by atoms with Crippen LogP contribution in [0, 0.1) is 0 Å². The van der Waals surface area contributed by atoms with Gasteiger partial charge < -0.3 is 5.73 Å². The first-order valence-electron chi connectivity index (χ1n) is 5.65. The number of nitrogens with zero attached hydrogens (tertiary/aromatic N) is 1. The summed E-state index contributed by atoms with van der Waals surface area (Å²) in [6, 6.07) is 8.50. The number of halogens is 1. The third-order valence-electron chi connectivity index (χ3n) is 3.06. The summed E-state index contributed by atoms with van der Waals surface area (Å²) in [4.78, 5) is 0. The molecule has 0 saturated carbocycles. The summed E-state index contributed by atoms with van der Waals surface area (Å²) in [5.74, 6) is 0. The molecule has 3 rings (SSSR count). The quantitative estimate of drug-likeness (QED) is 0.867. The van der Waals surface area contributed by atoms with Crippen molar-refractivity contribution in [2.24, 2.45) is 0 Å². The van der Waals surface area contributed by atoms with E-state index in [0.29, 0.717) is 28.7 Å². The minimum absolute atomic E-state index is 0.257. The minimum Gasteiger partial charge on any atom is -0.399 e. The third-order valence-corrected chi connectivity index (χ3v) is 6.57. The Hall–Kier alpha value is -1.24. The van der Waals surface area contributed by atoms with Crippen molar-refractivity contribution in [3.63, 3.8) is 0 Å². The van der Waals surface area contributed by atoms with Crippen LogP contribution < -0.4 is 10.0 Å². The number of sulfonamides is 1. The highest BCUT2D eigenvalue weighted by Gasteiger charge is 2.31. The van der Waals surface area contributed by atoms with Crippen molar-refractivity contribution in [2.75, 3.05) is 16.6 Å². The lowest BCUT2D eigenvalue weighted by molar-refractivity contribution is 0.594. The lowest BCUT2D eigenvalue weighted by Crippen LogP contribution is -2.28. The summed E-state index contributed by atoms with van der Waals surface area (Å²) in [6.07, 6.45) is 0.702. The molecule has 0 saturated heterocycles. The molecule has 4 nitrogen and oxygen atoms in total. The van der Waals surface area contributed by atoms with E-state index < -0.39 is 10.0 Å². The smallest absolute Gasteiger partial charge is 0.273 e. The van der Waals surface area contributed by atoms with Crippen LogP contribution >= 0.6 is 22.9 Å². The number of nitrogens with two attached hydrogens (primary N) is 1. The van der Waals surface area contributed by atoms with Gasteiger partial charge >= 0.3 is 0 Å². The highest BCUT2D eigenvalue weighted by molar-refractivity contribution is 7.94. The highest BCUT2D eigenvalue weighted by atomic mass is 35.5. The molecule has 0 atom stereocenters. The number of rotatable bonds is 2. The molecule has 0 amide bonds. The molecule has 2 aromatic rings. The van der Waals surface area contributed by atoms with Gasteiger partial charge in [-0.2, -0.15) is 0 Å². The lowest BCUT2D eigenvalue weighted by atomic mass is 10.1. The second kappa shape index (κ2) is 4.40. The SMILES string of the molecule is Nc1ccc2c(c1)N(S(=O)(=O)c1ccc(Cl)s1)CC2. The van der Waals surface area contributed by atoms with Crippen LogP contribution in [0.5, 0.6) is 0 Å². The lowest BCUT2D eigenvalue weighted by Gasteiger charge is -2.18. The zero-order valence-corrected chi connectivity index (χ0v) is 12.2. The van der Waals surface area contributed by atoms with Crippen LogP contribution in [-0.4, -0.2) is 15.0 Å². The van der Waals surface area contributed by atoms with Gasteiger partial charge in [-0.1, -0.05) is 17.7 Å². The Morgan fingerprint density at radius 2 is 2.05 bits per heavy atom. The first kappa shape index (κ1) is 12.8. The molecule has 0 fully saturated rings. The van der Waals surface area contributed by atoms with Crippen molar-refractivity contribution in [1.29, 1.82) is 0 Å². The Labute approximate surface area is 120 Å². The number of thiophene rings is 1. The molecular weight excluding hydrogens is 304 g/mol. The number of fused-ring (bicyclic) bond motifs is 1. The highest BCUT2D eigenvalue weighted by Crippen LogP contribution is 2.36. The molecule has 1 aliphatic heterocycles. The van der Waals surface area contributed by atoms with Crippen LogP contribution in [0.1, 0.15) is 5.56 Å². The number of hydrogen-bond donors (Lipinski definition) is 1. The molecule has 2 heterocycles. The summed E-state index contributed by atoms with van der Waals surface area (Å²) in [7, 11) is -3.54. The maximum atomic E-state index is 12.6. The van der Waals surface area contributed by atoms with Crippen LogP contribution in [0.4, 0.5) is 11.4 Å². The molecule has 19 heavy (non-hydrogen) atoms. The van der Waals surface area contributed by atoms with E-state index in [4.69, 9.17) is 17.3 Å². The van der Waals surface area contributed by atoms with E-state index in [0.717, 1.165) is 16.9 Å². The molecule has 0 bridgehead atoms. The molecule has 0 spiro atoms. The number of benzene rings is 1. The summed E-state index contributed by atoms with van der Waals surface area (Å²) in [6.45, 7) is 0.441. The fourth-order valence-electron chi connectivity index (χ4n) is 2.16. The van der Waals surface area contributed by atoms with E-state index >= 15 is 0 Å². The Morgan fingerprint density at radius 3 is 2.74 bits per heavy atom. The van der Waals surface area contributed by atoms with Crippen LogP contribution in [-0.2, 0) is 16.4 Å². The van der Waals surface area contributed by atoms with Crippen LogP contribution in [0.25, 0.3) is 0 Å². The first-order valence-corrected chi connectivity index (χ1v) is 8.28. The zero-order valence-electron chi connectivity index (χ0n) is 9.84. The minimum atomic E-state index is -3.54. The van der Waals surface area contributed by atoms with Crippen LogP contribution in [0.15, 0.2) is 34.5 Å². The Kier molecular flexibility index (Phi) is 2.96. The standard InChI is InChI=1S/C12H11ClN2O2S2/c13-11-3-4-12(18-11)19(16,17)15-6-5-8-1-2-9(14)7-10(8)15/h1-4,7H,5-6,14H2. The Bertz CT molecular complexity index is 740. The predicted molar refractivity (Wildman–Crippen MR) is 78.4 cm³/mol. The fraction of sp³-hybridized carbons (Fsp3) is 0.167. The van der Waals surface area contributed by atoms with Crippen molar-refractivity contribution in [1.82, 2.24) is 0 Å². The number of anilines is 2. The van der Waals surface area contributed by atoms with Gasteiger partial charge in [0.1, 0.15) is 4.21 Å². The van der Waals surface area contributed by atoms with Crippen molar-refractivity contribution < 1.29 is 8.42 Å². The molecule has 1 aliphatic rings. The summed E-state index contributed by atoms with van der Waals surface area (Å²) in [5.41, 5.74) is 7.97. The van der Waals surface area contributed by atoms with Gasteiger partial charge in [0.25, 0.3) is 10.0 Å². The largest absolute Gasteiger partial charge is 0.399 e. The molecule has 1 aromatic carbocycles. The van der Waals surface area contributed by atoms with Gasteiger partial charge in [-0.05, 0) is 36.2 Å². The maximum Gasteiger partial charge on any atom is 0.273 e. The van der Waals surface area contributed by atoms with Crippen molar-refractivity contribution in [3.8, 4) is 0 Å². The van der Waals surface area contributed by atoms with Crippen molar-refractivity contribution in [2.45, 2.75) is 10.6 Å². The molecule has 7 heteroatoms. The Balaban J connectivity index is 2.08. The average Bonchev–Trinajstić information content (AvgIpc) is 2.95. The second-order valence-electron chi connectivity index (χ2n) is 4.27. The number of hydrogen-bond acceptors (Lipinski definition) is 4. The van der Waals surface area contributed by atoms with E-state index in [9.17, 15) is 8.42 Å². The molecular formula is C12H11ClN2O2S2. The van der Waals surface area contributed by atoms with E-state index in [-0.39, 0.29) is 4.21 Å². The van der Waals surface area contributed by atoms with Crippen LogP contribution in [0.2, 0.25) is 4.34 Å². The molecule has 2 N–H and O–H groups in total. The van der Waals surface area contributed by atoms with E-state index in [2.05, 4.69) is 0 Å². The summed E-state index contributed by atoms with van der Waals surface area (Å²) < 4.78 is 27.2. The normalized spacial score (nSPS) is 14.7. The van der Waals surface area contributed by atoms with E-state index in [1.165, 1.54) is 10.4 Å². The molecule has 1 aromatic heterocycles. The average molecular weight is 315 g/mol. The molecule has 0 radical (unpaired) electrons. The predicted octanol–water partition coefficient (Wildman–Crippen LogP) is 2.74. The zero-order chi connectivity index (χ0) is 13.6. The van der Waals surface area contributed by atoms with Gasteiger partial charge in [0.2, 0.25) is 0 Å². The van der Waals surface area contributed by atoms with Gasteiger partial charge in [0.05, 0.1) is 10.0 Å². The Morgan fingerprint density at radius 1 is 1.26 bits per heavy atom. The van der Waals surface area contributed by atoms with E-state index in [1.807, 2.05) is 6.07 Å². The van der Waals surface area contributed by atoms with Crippen LogP contribution in [0.3, 0.4) is 0 Å². The van der Waals surface area contributed by atoms with E-state index in [1.54, 1.807) is 18.2 Å².